The van der Waals surface area contributed by atoms with Crippen molar-refractivity contribution in [2.75, 3.05) is 11.9 Å². The van der Waals surface area contributed by atoms with Gasteiger partial charge in [0.2, 0.25) is 0 Å². The average molecular weight is 498 g/mol. The Morgan fingerprint density at radius 1 is 0.970 bits per heavy atom. The van der Waals surface area contributed by atoms with E-state index in [2.05, 4.69) is 5.32 Å². The molecule has 3 aromatic rings. The number of halogens is 5. The fraction of sp³-hybridized carbons (Fsp3) is 0.208. The summed E-state index contributed by atoms with van der Waals surface area (Å²) in [5.41, 5.74) is 0.631. The standard InChI is InChI=1S/C24H20Cl2F3NO3/c1-3-32-22-9-4-15(11-16(22)13-33-18-6-8-20(25)14(2)10-18)23(31)30-17-5-7-21(26)19(12-17)24(27,28)29/h4-12H,3,13H2,1-2H3,(H,30,31). The van der Waals surface area contributed by atoms with Gasteiger partial charge in [-0.3, -0.25) is 4.79 Å². The summed E-state index contributed by atoms with van der Waals surface area (Å²) in [6.07, 6.45) is -4.64. The van der Waals surface area contributed by atoms with Crippen LogP contribution in [0.25, 0.3) is 0 Å². The predicted molar refractivity (Wildman–Crippen MR) is 123 cm³/mol. The molecule has 0 heterocycles. The number of hydrogen-bond acceptors (Lipinski definition) is 3. The lowest BCUT2D eigenvalue weighted by molar-refractivity contribution is -0.137. The van der Waals surface area contributed by atoms with Crippen LogP contribution in [0.2, 0.25) is 10.0 Å². The van der Waals surface area contributed by atoms with Gasteiger partial charge in [0.05, 0.1) is 17.2 Å². The van der Waals surface area contributed by atoms with Crippen molar-refractivity contribution in [2.24, 2.45) is 0 Å². The lowest BCUT2D eigenvalue weighted by Gasteiger charge is -2.15. The van der Waals surface area contributed by atoms with E-state index in [0.717, 1.165) is 17.7 Å². The summed E-state index contributed by atoms with van der Waals surface area (Å²) < 4.78 is 50.7. The molecule has 3 rings (SSSR count). The Hall–Kier alpha value is -2.90. The number of anilines is 1. The highest BCUT2D eigenvalue weighted by molar-refractivity contribution is 6.31. The lowest BCUT2D eigenvalue weighted by Crippen LogP contribution is -2.14. The van der Waals surface area contributed by atoms with E-state index in [1.54, 1.807) is 30.3 Å². The van der Waals surface area contributed by atoms with Gasteiger partial charge in [-0.05, 0) is 74.0 Å². The molecule has 0 atom stereocenters. The summed E-state index contributed by atoms with van der Waals surface area (Å²) in [5, 5.41) is 2.64. The SMILES string of the molecule is CCOc1ccc(C(=O)Nc2ccc(Cl)c(C(F)(F)F)c2)cc1COc1ccc(Cl)c(C)c1. The van der Waals surface area contributed by atoms with Gasteiger partial charge in [0.1, 0.15) is 18.1 Å². The van der Waals surface area contributed by atoms with Crippen molar-refractivity contribution in [2.45, 2.75) is 26.6 Å². The highest BCUT2D eigenvalue weighted by Crippen LogP contribution is 2.36. The highest BCUT2D eigenvalue weighted by atomic mass is 35.5. The van der Waals surface area contributed by atoms with Crippen LogP contribution in [0, 0.1) is 6.92 Å². The van der Waals surface area contributed by atoms with Crippen molar-refractivity contribution in [3.8, 4) is 11.5 Å². The van der Waals surface area contributed by atoms with E-state index in [9.17, 15) is 18.0 Å². The third-order valence-corrected chi connectivity index (χ3v) is 5.43. The molecular formula is C24H20Cl2F3NO3. The van der Waals surface area contributed by atoms with Gasteiger partial charge in [0.15, 0.2) is 0 Å². The first-order chi connectivity index (χ1) is 15.6. The number of rotatable bonds is 7. The van der Waals surface area contributed by atoms with Crippen LogP contribution in [0.4, 0.5) is 18.9 Å². The van der Waals surface area contributed by atoms with E-state index in [1.807, 2.05) is 13.8 Å². The van der Waals surface area contributed by atoms with Gasteiger partial charge in [0, 0.05) is 21.8 Å². The summed E-state index contributed by atoms with van der Waals surface area (Å²) in [7, 11) is 0. The molecule has 1 N–H and O–H groups in total. The monoisotopic (exact) mass is 497 g/mol. The predicted octanol–water partition coefficient (Wildman–Crippen LogP) is 7.55. The van der Waals surface area contributed by atoms with Crippen LogP contribution < -0.4 is 14.8 Å². The van der Waals surface area contributed by atoms with Gasteiger partial charge in [-0.15, -0.1) is 0 Å². The minimum absolute atomic E-state index is 0.0277. The van der Waals surface area contributed by atoms with Gasteiger partial charge >= 0.3 is 6.18 Å². The van der Waals surface area contributed by atoms with E-state index in [0.29, 0.717) is 28.7 Å². The minimum atomic E-state index is -4.64. The van der Waals surface area contributed by atoms with Crippen LogP contribution in [0.3, 0.4) is 0 Å². The van der Waals surface area contributed by atoms with Crippen molar-refractivity contribution in [1.29, 1.82) is 0 Å². The number of carbonyl (C=O) groups is 1. The molecular weight excluding hydrogens is 478 g/mol. The first-order valence-corrected chi connectivity index (χ1v) is 10.7. The molecule has 9 heteroatoms. The first-order valence-electron chi connectivity index (χ1n) is 9.91. The third kappa shape index (κ3) is 6.33. The number of hydrogen-bond donors (Lipinski definition) is 1. The van der Waals surface area contributed by atoms with Crippen molar-refractivity contribution in [3.63, 3.8) is 0 Å². The first kappa shape index (κ1) is 24.7. The van der Waals surface area contributed by atoms with Gasteiger partial charge < -0.3 is 14.8 Å². The van der Waals surface area contributed by atoms with Crippen LogP contribution in [0.1, 0.15) is 34.0 Å². The Morgan fingerprint density at radius 2 is 1.70 bits per heavy atom. The van der Waals surface area contributed by atoms with E-state index in [1.165, 1.54) is 12.1 Å². The van der Waals surface area contributed by atoms with Crippen LogP contribution in [-0.4, -0.2) is 12.5 Å². The molecule has 33 heavy (non-hydrogen) atoms. The zero-order chi connectivity index (χ0) is 24.2. The summed E-state index contributed by atoms with van der Waals surface area (Å²) in [4.78, 5) is 12.7. The lowest BCUT2D eigenvalue weighted by atomic mass is 10.1. The Balaban J connectivity index is 1.81. The van der Waals surface area contributed by atoms with Crippen molar-refractivity contribution >= 4 is 34.8 Å². The second-order valence-corrected chi connectivity index (χ2v) is 7.92. The molecule has 3 aromatic carbocycles. The molecule has 4 nitrogen and oxygen atoms in total. The molecule has 0 saturated carbocycles. The molecule has 0 spiro atoms. The zero-order valence-corrected chi connectivity index (χ0v) is 19.2. The smallest absolute Gasteiger partial charge is 0.417 e. The average Bonchev–Trinajstić information content (AvgIpc) is 2.76. The molecule has 0 aliphatic heterocycles. The number of nitrogens with one attached hydrogen (secondary N) is 1. The second kappa shape index (κ2) is 10.4. The van der Waals surface area contributed by atoms with Crippen LogP contribution >= 0.6 is 23.2 Å². The number of ether oxygens (including phenoxy) is 2. The van der Waals surface area contributed by atoms with Gasteiger partial charge in [-0.1, -0.05) is 23.2 Å². The molecule has 0 aromatic heterocycles. The molecule has 0 fully saturated rings. The maximum absolute atomic E-state index is 13.1. The number of aryl methyl sites for hydroxylation is 1. The Morgan fingerprint density at radius 3 is 2.36 bits per heavy atom. The molecule has 0 saturated heterocycles. The highest BCUT2D eigenvalue weighted by Gasteiger charge is 2.33. The number of amides is 1. The van der Waals surface area contributed by atoms with Gasteiger partial charge in [-0.2, -0.15) is 13.2 Å². The van der Waals surface area contributed by atoms with E-state index in [4.69, 9.17) is 32.7 Å². The minimum Gasteiger partial charge on any atom is -0.493 e. The van der Waals surface area contributed by atoms with E-state index >= 15 is 0 Å². The largest absolute Gasteiger partial charge is 0.493 e. The van der Waals surface area contributed by atoms with E-state index < -0.39 is 22.7 Å². The number of alkyl halides is 3. The molecule has 0 aliphatic carbocycles. The molecule has 0 aliphatic rings. The maximum Gasteiger partial charge on any atom is 0.417 e. The fourth-order valence-corrected chi connectivity index (χ4v) is 3.36. The van der Waals surface area contributed by atoms with Crippen molar-refractivity contribution < 1.29 is 27.4 Å². The molecule has 0 bridgehead atoms. The molecule has 174 valence electrons. The van der Waals surface area contributed by atoms with Crippen molar-refractivity contribution in [1.82, 2.24) is 0 Å². The summed E-state index contributed by atoms with van der Waals surface area (Å²) >= 11 is 11.7. The maximum atomic E-state index is 13.1. The topological polar surface area (TPSA) is 47.6 Å². The zero-order valence-electron chi connectivity index (χ0n) is 17.7. The summed E-state index contributed by atoms with van der Waals surface area (Å²) in [6, 6.07) is 13.1. The molecule has 0 unspecified atom stereocenters. The second-order valence-electron chi connectivity index (χ2n) is 7.10. The molecule has 0 radical (unpaired) electrons. The van der Waals surface area contributed by atoms with Crippen LogP contribution in [-0.2, 0) is 12.8 Å². The van der Waals surface area contributed by atoms with Crippen molar-refractivity contribution in [3.05, 3.63) is 86.9 Å². The summed E-state index contributed by atoms with van der Waals surface area (Å²) in [5.74, 6) is 0.540. The molecule has 1 amide bonds. The Labute approximate surface area is 199 Å². The van der Waals surface area contributed by atoms with Gasteiger partial charge in [-0.25, -0.2) is 0 Å². The van der Waals surface area contributed by atoms with Crippen LogP contribution in [0.5, 0.6) is 11.5 Å². The van der Waals surface area contributed by atoms with Crippen LogP contribution in [0.15, 0.2) is 54.6 Å². The summed E-state index contributed by atoms with van der Waals surface area (Å²) in [6.45, 7) is 4.19. The fourth-order valence-electron chi connectivity index (χ4n) is 3.02. The third-order valence-electron chi connectivity index (χ3n) is 4.68. The number of benzene rings is 3. The normalized spacial score (nSPS) is 11.2. The number of carbonyl (C=O) groups excluding carboxylic acids is 1. The Kier molecular flexibility index (Phi) is 7.76. The quantitative estimate of drug-likeness (QED) is 0.366. The Bertz CT molecular complexity index is 1170. The van der Waals surface area contributed by atoms with E-state index in [-0.39, 0.29) is 17.9 Å². The van der Waals surface area contributed by atoms with Gasteiger partial charge in [0.25, 0.3) is 5.91 Å².